The van der Waals surface area contributed by atoms with Crippen molar-refractivity contribution >= 4 is 46.7 Å². The second-order valence-corrected chi connectivity index (χ2v) is 11.8. The summed E-state index contributed by atoms with van der Waals surface area (Å²) in [5.74, 6) is -7.72. The van der Waals surface area contributed by atoms with E-state index in [4.69, 9.17) is 32.7 Å². The molecule has 240 valence electrons. The molecule has 1 saturated carbocycles. The largest absolute Gasteiger partial charge is 0.479 e. The van der Waals surface area contributed by atoms with Gasteiger partial charge in [0.2, 0.25) is 12.2 Å². The van der Waals surface area contributed by atoms with Crippen molar-refractivity contribution in [2.24, 2.45) is 11.8 Å². The molecule has 2 aromatic rings. The van der Waals surface area contributed by atoms with Crippen molar-refractivity contribution in [2.45, 2.75) is 74.9 Å². The molecule has 44 heavy (non-hydrogen) atoms. The molecule has 1 heterocycles. The van der Waals surface area contributed by atoms with E-state index in [1.54, 1.807) is 6.07 Å². The van der Waals surface area contributed by atoms with E-state index in [0.29, 0.717) is 5.56 Å². The third-order valence-electron chi connectivity index (χ3n) is 7.84. The summed E-state index contributed by atoms with van der Waals surface area (Å²) < 4.78 is 51.5. The Morgan fingerprint density at radius 3 is 2.18 bits per heavy atom. The summed E-state index contributed by atoms with van der Waals surface area (Å²) in [6.07, 6.45) is -13.2. The van der Waals surface area contributed by atoms with Crippen molar-refractivity contribution < 1.29 is 57.5 Å². The van der Waals surface area contributed by atoms with Crippen LogP contribution in [0.2, 0.25) is 10.0 Å². The maximum absolute atomic E-state index is 13.8. The number of hydrogen-bond acceptors (Lipinski definition) is 8. The van der Waals surface area contributed by atoms with Gasteiger partial charge in [-0.3, -0.25) is 9.59 Å². The summed E-state index contributed by atoms with van der Waals surface area (Å²) in [6.45, 7) is 0.900. The van der Waals surface area contributed by atoms with Crippen LogP contribution in [-0.4, -0.2) is 75.2 Å². The van der Waals surface area contributed by atoms with Crippen LogP contribution < -0.4 is 5.32 Å². The number of carboxylic acid groups (broad SMARTS) is 1. The summed E-state index contributed by atoms with van der Waals surface area (Å²) in [5, 5.41) is 42.0. The first-order valence-electron chi connectivity index (χ1n) is 13.6. The number of aliphatic hydroxyl groups is 3. The van der Waals surface area contributed by atoms with Crippen molar-refractivity contribution in [3.63, 3.8) is 0 Å². The number of anilines is 1. The Morgan fingerprint density at radius 1 is 1.00 bits per heavy atom. The number of carbonyl (C=O) groups excluding carboxylic acids is 2. The van der Waals surface area contributed by atoms with Crippen molar-refractivity contribution in [3.05, 3.63) is 63.6 Å². The lowest BCUT2D eigenvalue weighted by atomic mass is 9.85. The number of nitrogens with one attached hydrogen (secondary N) is 1. The number of alkyl halides is 3. The van der Waals surface area contributed by atoms with E-state index in [0.717, 1.165) is 19.8 Å². The fourth-order valence-electron chi connectivity index (χ4n) is 5.17. The molecule has 4 rings (SSSR count). The maximum Gasteiger partial charge on any atom is 0.392 e. The van der Waals surface area contributed by atoms with Gasteiger partial charge in [-0.15, -0.1) is 0 Å². The number of aliphatic hydroxyl groups excluding tert-OH is 3. The number of hydrogen-bond donors (Lipinski definition) is 5. The van der Waals surface area contributed by atoms with Crippen LogP contribution >= 0.6 is 23.2 Å². The van der Waals surface area contributed by atoms with Gasteiger partial charge in [0.05, 0.1) is 29.0 Å². The molecule has 0 radical (unpaired) electrons. The van der Waals surface area contributed by atoms with Crippen LogP contribution in [-0.2, 0) is 23.9 Å². The predicted molar refractivity (Wildman–Crippen MR) is 150 cm³/mol. The minimum Gasteiger partial charge on any atom is -0.479 e. The number of benzene rings is 2. The highest BCUT2D eigenvalue weighted by Crippen LogP contribution is 2.46. The van der Waals surface area contributed by atoms with Gasteiger partial charge in [-0.25, -0.2) is 4.79 Å². The van der Waals surface area contributed by atoms with Crippen LogP contribution in [0.25, 0.3) is 0 Å². The number of esters is 1. The summed E-state index contributed by atoms with van der Waals surface area (Å²) in [4.78, 5) is 37.6. The molecule has 1 aliphatic carbocycles. The Bertz CT molecular complexity index is 1370. The molecule has 1 unspecified atom stereocenters. The molecule has 2 fully saturated rings. The number of aliphatic carboxylic acids is 1. The highest BCUT2D eigenvalue weighted by atomic mass is 35.5. The smallest absolute Gasteiger partial charge is 0.392 e. The molecule has 10 nitrogen and oxygen atoms in total. The first-order chi connectivity index (χ1) is 20.6. The van der Waals surface area contributed by atoms with E-state index in [9.17, 15) is 48.0 Å². The lowest BCUT2D eigenvalue weighted by molar-refractivity contribution is -0.286. The van der Waals surface area contributed by atoms with Crippen molar-refractivity contribution in [3.8, 4) is 0 Å². The predicted octanol–water partition coefficient (Wildman–Crippen LogP) is 4.23. The molecule has 0 aromatic heterocycles. The van der Waals surface area contributed by atoms with Crippen LogP contribution in [0.5, 0.6) is 0 Å². The van der Waals surface area contributed by atoms with Gasteiger partial charge in [-0.05, 0) is 60.1 Å². The van der Waals surface area contributed by atoms with E-state index in [1.807, 2.05) is 0 Å². The number of carbonyl (C=O) groups is 3. The molecule has 0 spiro atoms. The summed E-state index contributed by atoms with van der Waals surface area (Å²) in [6, 6.07) is 9.93. The normalized spacial score (nSPS) is 25.9. The second kappa shape index (κ2) is 13.6. The van der Waals surface area contributed by atoms with E-state index in [-0.39, 0.29) is 33.6 Å². The van der Waals surface area contributed by atoms with Gasteiger partial charge >= 0.3 is 18.1 Å². The minimum absolute atomic E-state index is 0.00396. The summed E-state index contributed by atoms with van der Waals surface area (Å²) in [5.41, 5.74) is 0.631. The van der Waals surface area contributed by atoms with Crippen LogP contribution in [0, 0.1) is 11.8 Å². The Labute approximate surface area is 259 Å². The zero-order chi connectivity index (χ0) is 32.5. The number of halogens is 5. The molecule has 5 N–H and O–H groups in total. The van der Waals surface area contributed by atoms with E-state index < -0.39 is 72.5 Å². The van der Waals surface area contributed by atoms with Gasteiger partial charge < -0.3 is 35.2 Å². The molecule has 0 bridgehead atoms. The van der Waals surface area contributed by atoms with E-state index >= 15 is 0 Å². The van der Waals surface area contributed by atoms with Gasteiger partial charge in [-0.1, -0.05) is 48.3 Å². The molecule has 1 amide bonds. The number of amides is 1. The average Bonchev–Trinajstić information content (AvgIpc) is 3.79. The molecule has 1 saturated heterocycles. The van der Waals surface area contributed by atoms with Gasteiger partial charge in [0.15, 0.2) is 6.10 Å². The van der Waals surface area contributed by atoms with Crippen molar-refractivity contribution in [1.82, 2.24) is 0 Å². The molecule has 2 aromatic carbocycles. The Hall–Kier alpha value is -2.94. The Kier molecular flexibility index (Phi) is 10.5. The van der Waals surface area contributed by atoms with Crippen LogP contribution in [0.4, 0.5) is 18.9 Å². The SMILES string of the molecule is C[C@H]([C@@H](C(=O)Nc1cc([C@@H](CC(=O)OC2O[C@H](C(=O)O)[C@@H](O)[C@H](O)[C@H]2O)C2CC2)ccc1Cl)c1ccc(Cl)cc1)C(F)(F)F. The van der Waals surface area contributed by atoms with Crippen LogP contribution in [0.15, 0.2) is 42.5 Å². The number of carboxylic acids is 1. The lowest BCUT2D eigenvalue weighted by Gasteiger charge is -2.38. The number of rotatable bonds is 10. The summed E-state index contributed by atoms with van der Waals surface area (Å²) in [7, 11) is 0. The fourth-order valence-corrected chi connectivity index (χ4v) is 5.46. The van der Waals surface area contributed by atoms with Gasteiger partial charge in [0.1, 0.15) is 18.3 Å². The second-order valence-electron chi connectivity index (χ2n) is 11.0. The first-order valence-corrected chi connectivity index (χ1v) is 14.4. The van der Waals surface area contributed by atoms with Gasteiger partial charge in [0, 0.05) is 5.02 Å². The van der Waals surface area contributed by atoms with Gasteiger partial charge in [0.25, 0.3) is 0 Å². The zero-order valence-corrected chi connectivity index (χ0v) is 24.6. The van der Waals surface area contributed by atoms with Crippen LogP contribution in [0.3, 0.4) is 0 Å². The highest BCUT2D eigenvalue weighted by Gasteiger charge is 2.49. The molecular formula is C29H30Cl2F3NO9. The van der Waals surface area contributed by atoms with E-state index in [2.05, 4.69) is 5.32 Å². The van der Waals surface area contributed by atoms with Gasteiger partial charge in [-0.2, -0.15) is 13.2 Å². The van der Waals surface area contributed by atoms with E-state index in [1.165, 1.54) is 36.4 Å². The quantitative estimate of drug-likeness (QED) is 0.234. The Morgan fingerprint density at radius 2 is 1.61 bits per heavy atom. The average molecular weight is 664 g/mol. The molecule has 1 aliphatic heterocycles. The molecule has 2 aliphatic rings. The zero-order valence-electron chi connectivity index (χ0n) is 23.1. The lowest BCUT2D eigenvalue weighted by Crippen LogP contribution is -2.60. The molecule has 8 atom stereocenters. The number of ether oxygens (including phenoxy) is 2. The summed E-state index contributed by atoms with van der Waals surface area (Å²) >= 11 is 12.2. The third kappa shape index (κ3) is 7.82. The van der Waals surface area contributed by atoms with Crippen LogP contribution in [0.1, 0.15) is 49.1 Å². The topological polar surface area (TPSA) is 163 Å². The molecular weight excluding hydrogens is 634 g/mol. The first kappa shape index (κ1) is 33.9. The Balaban J connectivity index is 1.53. The molecule has 15 heteroatoms. The highest BCUT2D eigenvalue weighted by molar-refractivity contribution is 6.33. The standard InChI is InChI=1S/C29H30Cl2F3NO9/c1-12(29(32,33)34)21(14-4-7-16(30)8-5-14)26(40)35-19-10-15(6-9-18(19)31)17(13-2-3-13)11-20(36)43-28-24(39)22(37)23(38)25(44-28)27(41)42/h4-10,12-13,17,21-25,28,37-39H,2-3,11H2,1H3,(H,35,40)(H,41,42)/t12-,17+,21-,22+,23+,24-,25+,28?/m1/s1. The van der Waals surface area contributed by atoms with Crippen molar-refractivity contribution in [1.29, 1.82) is 0 Å². The fraction of sp³-hybridized carbons (Fsp3) is 0.483. The third-order valence-corrected chi connectivity index (χ3v) is 8.42. The maximum atomic E-state index is 13.8. The minimum atomic E-state index is -4.70. The van der Waals surface area contributed by atoms with Crippen molar-refractivity contribution in [2.75, 3.05) is 5.32 Å². The monoisotopic (exact) mass is 663 g/mol.